The Balaban J connectivity index is 1.17. The van der Waals surface area contributed by atoms with Crippen LogP contribution in [0.15, 0.2) is 176 Å². The van der Waals surface area contributed by atoms with E-state index in [1.165, 1.54) is 48.5 Å². The Morgan fingerprint density at radius 1 is 0.333 bits per heavy atom. The first-order valence-corrected chi connectivity index (χ1v) is 29.4. The van der Waals surface area contributed by atoms with E-state index in [0.29, 0.717) is 93.9 Å². The lowest BCUT2D eigenvalue weighted by Crippen LogP contribution is -2.05. The average molecular weight is 1270 g/mol. The second-order valence-corrected chi connectivity index (χ2v) is 22.7. The van der Waals surface area contributed by atoms with Crippen molar-refractivity contribution in [1.82, 2.24) is 9.13 Å². The minimum atomic E-state index is -4.75. The quantitative estimate of drug-likeness (QED) is 0.136. The van der Waals surface area contributed by atoms with Gasteiger partial charge in [-0.25, -0.2) is 33.9 Å². The van der Waals surface area contributed by atoms with Crippen LogP contribution in [0.25, 0.3) is 156 Å². The van der Waals surface area contributed by atoms with Crippen molar-refractivity contribution in [2.45, 2.75) is 13.1 Å². The van der Waals surface area contributed by atoms with Crippen LogP contribution in [-0.4, -0.2) is 9.13 Å². The summed E-state index contributed by atoms with van der Waals surface area (Å²) in [7, 11) is 0. The topological polar surface area (TPSA) is 183 Å². The molecule has 0 aliphatic heterocycles. The number of alkyl halides is 3. The molecule has 0 saturated carbocycles. The Bertz CT molecular complexity index is 6040. The standard InChI is InChI=1S/C81H32F3N15/c1-44-22-52(28-57(23-44)81(82,83)84)47-12-17-74(98-70-18-13-48(76-53(40-87)24-45(38-85)26-66(76)94-5)32-60(70)61-34-50(14-19-71(61)98)78-55(42-89)29-58(91-2)36-68(78)96-7)64(31-47)80-65(93-4)10-9-11-75(80)99-72-20-15-49(77-54(41-88)25-46(39-86)27-67(77)95-6)33-62(72)63-35-51(16-21-73(63)99)79-56(43-90)30-59(92-3)37-69(79)97-8/h9-37H,1H3. The lowest BCUT2D eigenvalue weighted by molar-refractivity contribution is -0.137. The highest BCUT2D eigenvalue weighted by Gasteiger charge is 2.32. The molecule has 0 N–H and O–H groups in total. The van der Waals surface area contributed by atoms with Crippen LogP contribution in [0, 0.1) is 121 Å². The number of aromatic nitrogens is 2. The molecular weight excluding hydrogens is 1240 g/mol. The highest BCUT2D eigenvalue weighted by Crippen LogP contribution is 2.51. The second kappa shape index (κ2) is 24.3. The van der Waals surface area contributed by atoms with Gasteiger partial charge in [-0.2, -0.15) is 44.7 Å². The van der Waals surface area contributed by atoms with Gasteiger partial charge in [-0.1, -0.05) is 60.7 Å². The van der Waals surface area contributed by atoms with E-state index in [4.69, 9.17) is 46.0 Å². The van der Waals surface area contributed by atoms with Gasteiger partial charge < -0.3 is 9.13 Å². The number of rotatable bonds is 8. The van der Waals surface area contributed by atoms with Crippen molar-refractivity contribution in [1.29, 1.82) is 31.6 Å². The van der Waals surface area contributed by atoms with Crippen LogP contribution < -0.4 is 0 Å². The van der Waals surface area contributed by atoms with E-state index in [2.05, 4.69) is 58.2 Å². The van der Waals surface area contributed by atoms with Gasteiger partial charge >= 0.3 is 6.18 Å². The highest BCUT2D eigenvalue weighted by molar-refractivity contribution is 6.16. The zero-order valence-electron chi connectivity index (χ0n) is 51.1. The molecule has 0 fully saturated rings. The van der Waals surface area contributed by atoms with E-state index in [-0.39, 0.29) is 107 Å². The van der Waals surface area contributed by atoms with E-state index >= 15 is 0 Å². The first-order valence-electron chi connectivity index (χ1n) is 29.4. The fraction of sp³-hybridized carbons (Fsp3) is 0.0247. The van der Waals surface area contributed by atoms with E-state index in [9.17, 15) is 44.7 Å². The van der Waals surface area contributed by atoms with E-state index in [1.54, 1.807) is 122 Å². The molecule has 0 amide bonds. The van der Waals surface area contributed by atoms with Crippen LogP contribution in [0.4, 0.5) is 53.0 Å². The molecule has 0 aliphatic rings. The van der Waals surface area contributed by atoms with E-state index in [0.717, 1.165) is 12.1 Å². The molecule has 0 saturated heterocycles. The molecule has 0 spiro atoms. The van der Waals surface area contributed by atoms with Crippen molar-refractivity contribution in [3.63, 3.8) is 0 Å². The lowest BCUT2D eigenvalue weighted by Gasteiger charge is -2.21. The molecule has 0 unspecified atom stereocenters. The summed E-state index contributed by atoms with van der Waals surface area (Å²) in [6, 6.07) is 58.7. The van der Waals surface area contributed by atoms with Crippen LogP contribution in [-0.2, 0) is 6.18 Å². The predicted octanol–water partition coefficient (Wildman–Crippen LogP) is 22.3. The molecule has 452 valence electrons. The number of nitriles is 6. The zero-order chi connectivity index (χ0) is 69.7. The molecule has 0 atom stereocenters. The summed E-state index contributed by atoms with van der Waals surface area (Å²) in [5.74, 6) is 0. The Hall–Kier alpha value is -15.8. The summed E-state index contributed by atoms with van der Waals surface area (Å²) in [6.07, 6.45) is -4.75. The summed E-state index contributed by atoms with van der Waals surface area (Å²) in [4.78, 5) is 26.1. The lowest BCUT2D eigenvalue weighted by atomic mass is 9.93. The third-order valence-electron chi connectivity index (χ3n) is 17.2. The largest absolute Gasteiger partial charge is 0.416 e. The minimum absolute atomic E-state index is 0.0164. The summed E-state index contributed by atoms with van der Waals surface area (Å²) < 4.78 is 48.4. The maximum absolute atomic E-state index is 14.9. The number of fused-ring (bicyclic) bond motifs is 6. The molecule has 18 heteroatoms. The van der Waals surface area contributed by atoms with Gasteiger partial charge in [-0.05, 0) is 167 Å². The fourth-order valence-corrected chi connectivity index (χ4v) is 13.2. The monoisotopic (exact) mass is 1270 g/mol. The Morgan fingerprint density at radius 3 is 1.09 bits per heavy atom. The van der Waals surface area contributed by atoms with Crippen molar-refractivity contribution >= 4 is 83.4 Å². The van der Waals surface area contributed by atoms with Gasteiger partial charge in [0.2, 0.25) is 0 Å². The summed E-state index contributed by atoms with van der Waals surface area (Å²) in [5, 5.41) is 64.2. The maximum Gasteiger partial charge on any atom is 0.416 e. The third kappa shape index (κ3) is 10.2. The first-order chi connectivity index (χ1) is 48.0. The molecule has 11 aromatic carbocycles. The normalized spacial score (nSPS) is 10.7. The van der Waals surface area contributed by atoms with Crippen molar-refractivity contribution in [3.05, 3.63) is 300 Å². The van der Waals surface area contributed by atoms with Crippen LogP contribution in [0.5, 0.6) is 0 Å². The molecule has 15 nitrogen and oxygen atoms in total. The molecule has 13 rings (SSSR count). The molecule has 13 aromatic rings. The average Bonchev–Trinajstić information content (AvgIpc) is 1.60. The van der Waals surface area contributed by atoms with Gasteiger partial charge in [0.05, 0.1) is 127 Å². The molecule has 0 radical (unpaired) electrons. The Labute approximate surface area is 562 Å². The van der Waals surface area contributed by atoms with Crippen LogP contribution in [0.2, 0.25) is 0 Å². The molecule has 99 heavy (non-hydrogen) atoms. The smallest absolute Gasteiger partial charge is 0.310 e. The first kappa shape index (κ1) is 62.0. The molecule has 2 heterocycles. The van der Waals surface area contributed by atoms with Gasteiger partial charge in [-0.3, -0.25) is 0 Å². The Kier molecular flexibility index (Phi) is 15.2. The third-order valence-corrected chi connectivity index (χ3v) is 17.2. The number of nitrogens with zero attached hydrogens (tertiary/aromatic N) is 15. The SMILES string of the molecule is [C-]#[N+]c1cc(C#N)c(-c2ccc3c(c2)c2cc(-c4c(C#N)cc(C#N)cc4[N+]#[C-])ccc2n3-c2ccc(-c3cc(C)cc(C(F)(F)F)c3)cc2-c2c([N+]#[C-])cccc2-n2c3ccc(-c4c(C#N)cc(C#N)cc4[N+]#[C-])cc3c3cc(-c4c(C#N)cc([N+]#[C-])cc4[N+]#[C-])ccc32)c([N+]#[C-])c1. The van der Waals surface area contributed by atoms with Gasteiger partial charge in [0.1, 0.15) is 0 Å². The van der Waals surface area contributed by atoms with Crippen molar-refractivity contribution in [3.8, 4) is 115 Å². The molecular formula is C81H32F3N15. The van der Waals surface area contributed by atoms with Crippen molar-refractivity contribution in [2.24, 2.45) is 0 Å². The number of hydrogen-bond acceptors (Lipinski definition) is 6. The molecule has 0 aliphatic carbocycles. The number of hydrogen-bond donors (Lipinski definition) is 0. The van der Waals surface area contributed by atoms with Gasteiger partial charge in [0.25, 0.3) is 0 Å². The van der Waals surface area contributed by atoms with E-state index < -0.39 is 11.7 Å². The molecule has 2 aromatic heterocycles. The number of aryl methyl sites for hydroxylation is 1. The van der Waals surface area contributed by atoms with Gasteiger partial charge in [0.15, 0.2) is 39.8 Å². The number of halogens is 3. The number of benzene rings is 11. The summed E-state index contributed by atoms with van der Waals surface area (Å²) in [5.41, 5.74) is 6.37. The maximum atomic E-state index is 14.9. The minimum Gasteiger partial charge on any atom is -0.310 e. The zero-order valence-corrected chi connectivity index (χ0v) is 51.1. The second-order valence-electron chi connectivity index (χ2n) is 22.7. The van der Waals surface area contributed by atoms with Crippen molar-refractivity contribution < 1.29 is 13.2 Å². The summed E-state index contributed by atoms with van der Waals surface area (Å²) in [6.45, 7) is 58.9. The van der Waals surface area contributed by atoms with Gasteiger partial charge in [0, 0.05) is 77.3 Å². The van der Waals surface area contributed by atoms with Gasteiger partial charge in [-0.15, -0.1) is 0 Å². The predicted molar refractivity (Wildman–Crippen MR) is 370 cm³/mol. The summed E-state index contributed by atoms with van der Waals surface area (Å²) >= 11 is 0. The van der Waals surface area contributed by atoms with E-state index in [1.807, 2.05) is 21.3 Å². The Morgan fingerprint density at radius 2 is 0.717 bits per heavy atom. The molecule has 0 bridgehead atoms. The van der Waals surface area contributed by atoms with Crippen LogP contribution >= 0.6 is 0 Å². The highest BCUT2D eigenvalue weighted by atomic mass is 19.4. The van der Waals surface area contributed by atoms with Crippen LogP contribution in [0.3, 0.4) is 0 Å². The van der Waals surface area contributed by atoms with Crippen LogP contribution in [0.1, 0.15) is 44.5 Å². The fourth-order valence-electron chi connectivity index (χ4n) is 13.2. The van der Waals surface area contributed by atoms with Crippen molar-refractivity contribution in [2.75, 3.05) is 0 Å².